The third-order valence-corrected chi connectivity index (χ3v) is 4.93. The van der Waals surface area contributed by atoms with Crippen LogP contribution in [0.3, 0.4) is 0 Å². The summed E-state index contributed by atoms with van der Waals surface area (Å²) >= 11 is 9.02. The lowest BCUT2D eigenvalue weighted by Crippen LogP contribution is -2.30. The molecular weight excluding hydrogens is 406 g/mol. The van der Waals surface area contributed by atoms with Gasteiger partial charge in [0.05, 0.1) is 4.90 Å². The molecule has 0 aliphatic heterocycles. The number of ether oxygens (including phenoxy) is 1. The molecule has 1 N–H and O–H groups in total. The van der Waals surface area contributed by atoms with Crippen molar-refractivity contribution in [1.82, 2.24) is 4.72 Å². The second-order valence-electron chi connectivity index (χ2n) is 4.57. The molecule has 5 nitrogen and oxygen atoms in total. The maximum Gasteiger partial charge on any atom is 0.321 e. The molecule has 0 aliphatic rings. The highest BCUT2D eigenvalue weighted by atomic mass is 79.9. The fraction of sp³-hybridized carbons (Fsp3) is 0.133. The van der Waals surface area contributed by atoms with Crippen molar-refractivity contribution in [1.29, 1.82) is 0 Å². The number of sulfonamides is 1. The molecule has 2 rings (SSSR count). The van der Waals surface area contributed by atoms with Crippen LogP contribution in [0.15, 0.2) is 57.9 Å². The van der Waals surface area contributed by atoms with Crippen molar-refractivity contribution < 1.29 is 17.9 Å². The number of hydrogen-bond donors (Lipinski definition) is 1. The molecule has 122 valence electrons. The summed E-state index contributed by atoms with van der Waals surface area (Å²) in [5.74, 6) is -0.677. The van der Waals surface area contributed by atoms with E-state index in [1.54, 1.807) is 36.4 Å². The van der Waals surface area contributed by atoms with Crippen LogP contribution in [0.4, 0.5) is 0 Å². The minimum atomic E-state index is -3.77. The lowest BCUT2D eigenvalue weighted by molar-refractivity contribution is -0.143. The van der Waals surface area contributed by atoms with E-state index in [-0.39, 0.29) is 11.5 Å². The summed E-state index contributed by atoms with van der Waals surface area (Å²) in [6.07, 6.45) is 0. The molecule has 0 atom stereocenters. The molecule has 0 aliphatic carbocycles. The van der Waals surface area contributed by atoms with E-state index in [0.29, 0.717) is 9.50 Å². The standard InChI is InChI=1S/C15H13BrClNO4S/c16-12-4-2-6-14(8-12)23(20,21)18-9-15(19)22-10-11-3-1-5-13(17)7-11/h1-8,18H,9-10H2. The lowest BCUT2D eigenvalue weighted by atomic mass is 10.2. The first-order chi connectivity index (χ1) is 10.9. The first kappa shape index (κ1) is 17.9. The van der Waals surface area contributed by atoms with Crippen molar-refractivity contribution >= 4 is 43.5 Å². The van der Waals surface area contributed by atoms with Gasteiger partial charge in [-0.1, -0.05) is 45.7 Å². The van der Waals surface area contributed by atoms with E-state index in [4.69, 9.17) is 16.3 Å². The van der Waals surface area contributed by atoms with Gasteiger partial charge >= 0.3 is 5.97 Å². The predicted octanol–water partition coefficient (Wildman–Crippen LogP) is 3.12. The Bertz CT molecular complexity index is 811. The molecule has 0 saturated heterocycles. The van der Waals surface area contributed by atoms with Gasteiger partial charge in [-0.15, -0.1) is 0 Å². The van der Waals surface area contributed by atoms with Crippen molar-refractivity contribution in [2.45, 2.75) is 11.5 Å². The van der Waals surface area contributed by atoms with Crippen LogP contribution in [0.2, 0.25) is 5.02 Å². The summed E-state index contributed by atoms with van der Waals surface area (Å²) in [5.41, 5.74) is 0.723. The maximum absolute atomic E-state index is 12.1. The summed E-state index contributed by atoms with van der Waals surface area (Å²) in [6, 6.07) is 13.0. The zero-order chi connectivity index (χ0) is 16.9. The van der Waals surface area contributed by atoms with Crippen molar-refractivity contribution in [3.8, 4) is 0 Å². The Morgan fingerprint density at radius 2 is 1.91 bits per heavy atom. The van der Waals surface area contributed by atoms with Crippen molar-refractivity contribution in [2.24, 2.45) is 0 Å². The molecule has 0 heterocycles. The predicted molar refractivity (Wildman–Crippen MR) is 90.6 cm³/mol. The minimum Gasteiger partial charge on any atom is -0.460 e. The highest BCUT2D eigenvalue weighted by Crippen LogP contribution is 2.15. The molecule has 8 heteroatoms. The van der Waals surface area contributed by atoms with Crippen LogP contribution >= 0.6 is 27.5 Å². The summed E-state index contributed by atoms with van der Waals surface area (Å²) in [7, 11) is -3.77. The van der Waals surface area contributed by atoms with Crippen LogP contribution in [-0.2, 0) is 26.2 Å². The van der Waals surface area contributed by atoms with Gasteiger partial charge in [-0.05, 0) is 35.9 Å². The van der Waals surface area contributed by atoms with Gasteiger partial charge in [0.1, 0.15) is 13.2 Å². The number of nitrogens with one attached hydrogen (secondary N) is 1. The first-order valence-electron chi connectivity index (χ1n) is 6.52. The molecule has 23 heavy (non-hydrogen) atoms. The van der Waals surface area contributed by atoms with E-state index in [2.05, 4.69) is 20.7 Å². The molecule has 0 amide bonds. The summed E-state index contributed by atoms with van der Waals surface area (Å²) in [6.45, 7) is -0.423. The van der Waals surface area contributed by atoms with Crippen molar-refractivity contribution in [3.63, 3.8) is 0 Å². The van der Waals surface area contributed by atoms with Crippen LogP contribution in [0, 0.1) is 0 Å². The van der Waals surface area contributed by atoms with Gasteiger partial charge in [-0.25, -0.2) is 8.42 Å². The average Bonchev–Trinajstić information content (AvgIpc) is 2.51. The number of hydrogen-bond acceptors (Lipinski definition) is 4. The van der Waals surface area contributed by atoms with E-state index >= 15 is 0 Å². The summed E-state index contributed by atoms with van der Waals surface area (Å²) in [4.78, 5) is 11.7. The molecule has 0 radical (unpaired) electrons. The number of benzene rings is 2. The Labute approximate surface area is 147 Å². The zero-order valence-corrected chi connectivity index (χ0v) is 15.0. The molecule has 0 unspecified atom stereocenters. The number of carbonyl (C=O) groups excluding carboxylic acids is 1. The highest BCUT2D eigenvalue weighted by molar-refractivity contribution is 9.10. The van der Waals surface area contributed by atoms with Crippen LogP contribution in [0.5, 0.6) is 0 Å². The zero-order valence-electron chi connectivity index (χ0n) is 11.8. The van der Waals surface area contributed by atoms with E-state index < -0.39 is 22.5 Å². The van der Waals surface area contributed by atoms with Gasteiger partial charge in [0.25, 0.3) is 0 Å². The molecule has 2 aromatic rings. The molecule has 0 fully saturated rings. The fourth-order valence-corrected chi connectivity index (χ4v) is 3.49. The smallest absolute Gasteiger partial charge is 0.321 e. The van der Waals surface area contributed by atoms with Gasteiger partial charge in [0, 0.05) is 9.50 Å². The van der Waals surface area contributed by atoms with Crippen LogP contribution in [-0.4, -0.2) is 20.9 Å². The number of halogens is 2. The normalized spacial score (nSPS) is 11.2. The molecule has 0 bridgehead atoms. The topological polar surface area (TPSA) is 72.5 Å². The van der Waals surface area contributed by atoms with Crippen LogP contribution < -0.4 is 4.72 Å². The Hall–Kier alpha value is -1.41. The molecule has 0 saturated carbocycles. The van der Waals surface area contributed by atoms with Gasteiger partial charge in [-0.3, -0.25) is 4.79 Å². The van der Waals surface area contributed by atoms with Crippen LogP contribution in [0.1, 0.15) is 5.56 Å². The Kier molecular flexibility index (Phi) is 6.17. The fourth-order valence-electron chi connectivity index (χ4n) is 1.71. The monoisotopic (exact) mass is 417 g/mol. The van der Waals surface area contributed by atoms with Crippen molar-refractivity contribution in [2.75, 3.05) is 6.54 Å². The molecular formula is C15H13BrClNO4S. The molecule has 2 aromatic carbocycles. The van der Waals surface area contributed by atoms with Crippen LogP contribution in [0.25, 0.3) is 0 Å². The SMILES string of the molecule is O=C(CNS(=O)(=O)c1cccc(Br)c1)OCc1cccc(Cl)c1. The summed E-state index contributed by atoms with van der Waals surface area (Å²) in [5, 5.41) is 0.536. The van der Waals surface area contributed by atoms with E-state index in [0.717, 1.165) is 5.56 Å². The lowest BCUT2D eigenvalue weighted by Gasteiger charge is -2.08. The summed E-state index contributed by atoms with van der Waals surface area (Å²) < 4.78 is 31.9. The van der Waals surface area contributed by atoms with Gasteiger partial charge in [-0.2, -0.15) is 4.72 Å². The highest BCUT2D eigenvalue weighted by Gasteiger charge is 2.16. The van der Waals surface area contributed by atoms with Crippen molar-refractivity contribution in [3.05, 3.63) is 63.6 Å². The molecule has 0 spiro atoms. The quantitative estimate of drug-likeness (QED) is 0.732. The van der Waals surface area contributed by atoms with E-state index in [9.17, 15) is 13.2 Å². The van der Waals surface area contributed by atoms with E-state index in [1.807, 2.05) is 0 Å². The second kappa shape index (κ2) is 7.92. The minimum absolute atomic E-state index is 0.0258. The average molecular weight is 419 g/mol. The van der Waals surface area contributed by atoms with E-state index in [1.165, 1.54) is 12.1 Å². The number of rotatable bonds is 6. The third-order valence-electron chi connectivity index (χ3n) is 2.80. The number of carbonyl (C=O) groups is 1. The van der Waals surface area contributed by atoms with Gasteiger partial charge < -0.3 is 4.74 Å². The van der Waals surface area contributed by atoms with Gasteiger partial charge in [0.2, 0.25) is 10.0 Å². The maximum atomic E-state index is 12.1. The van der Waals surface area contributed by atoms with Gasteiger partial charge in [0.15, 0.2) is 0 Å². The third kappa shape index (κ3) is 5.62. The Morgan fingerprint density at radius 1 is 1.17 bits per heavy atom. The Morgan fingerprint density at radius 3 is 2.61 bits per heavy atom. The molecule has 0 aromatic heterocycles. The first-order valence-corrected chi connectivity index (χ1v) is 9.17. The number of esters is 1. The second-order valence-corrected chi connectivity index (χ2v) is 7.69. The Balaban J connectivity index is 1.88. The largest absolute Gasteiger partial charge is 0.460 e.